The number of H-pyrrole nitrogens is 1. The molecule has 0 atom stereocenters. The second-order valence-corrected chi connectivity index (χ2v) is 4.29. The minimum atomic E-state index is 0.106. The van der Waals surface area contributed by atoms with Gasteiger partial charge in [-0.1, -0.05) is 20.3 Å². The lowest BCUT2D eigenvalue weighted by atomic mass is 10.1. The van der Waals surface area contributed by atoms with Gasteiger partial charge in [-0.2, -0.15) is 0 Å². The minimum absolute atomic E-state index is 0.106. The molecule has 1 aromatic rings. The first-order valence-corrected chi connectivity index (χ1v) is 5.94. The second-order valence-electron chi connectivity index (χ2n) is 4.29. The molecule has 1 heterocycles. The van der Waals surface area contributed by atoms with Gasteiger partial charge in [-0.05, 0) is 33.1 Å². The number of aromatic nitrogens is 2. The molecule has 1 rings (SSSR count). The molecule has 0 unspecified atom stereocenters. The first kappa shape index (κ1) is 12.1. The molecular formula is C12H22N2O. The van der Waals surface area contributed by atoms with Crippen LogP contribution >= 0.6 is 0 Å². The molecule has 3 nitrogen and oxygen atoms in total. The Morgan fingerprint density at radius 2 is 2.00 bits per heavy atom. The van der Waals surface area contributed by atoms with Gasteiger partial charge in [0, 0.05) is 17.3 Å². The Balaban J connectivity index is 3.08. The van der Waals surface area contributed by atoms with Gasteiger partial charge in [0.2, 0.25) is 0 Å². The first-order chi connectivity index (χ1) is 7.11. The molecule has 0 saturated carbocycles. The molecule has 0 spiro atoms. The smallest absolute Gasteiger partial charge is 0.267 e. The Hall–Kier alpha value is -0.990. The van der Waals surface area contributed by atoms with E-state index < -0.39 is 0 Å². The summed E-state index contributed by atoms with van der Waals surface area (Å²) in [6.45, 7) is 8.45. The van der Waals surface area contributed by atoms with E-state index in [1.807, 2.05) is 4.68 Å². The van der Waals surface area contributed by atoms with Crippen molar-refractivity contribution in [2.75, 3.05) is 0 Å². The quantitative estimate of drug-likeness (QED) is 0.797. The molecule has 0 amide bonds. The van der Waals surface area contributed by atoms with E-state index in [9.17, 15) is 4.79 Å². The van der Waals surface area contributed by atoms with E-state index in [1.54, 1.807) is 0 Å². The molecule has 1 N–H and O–H groups in total. The van der Waals surface area contributed by atoms with E-state index in [4.69, 9.17) is 0 Å². The summed E-state index contributed by atoms with van der Waals surface area (Å²) < 4.78 is 2.01. The molecule has 15 heavy (non-hydrogen) atoms. The van der Waals surface area contributed by atoms with Crippen LogP contribution < -0.4 is 5.56 Å². The van der Waals surface area contributed by atoms with Crippen LogP contribution in [0.2, 0.25) is 0 Å². The van der Waals surface area contributed by atoms with Gasteiger partial charge in [0.25, 0.3) is 5.56 Å². The van der Waals surface area contributed by atoms with E-state index in [-0.39, 0.29) is 5.56 Å². The maximum Gasteiger partial charge on any atom is 0.267 e. The van der Waals surface area contributed by atoms with Crippen LogP contribution in [0.15, 0.2) is 4.79 Å². The lowest BCUT2D eigenvalue weighted by Crippen LogP contribution is -2.09. The maximum atomic E-state index is 11.8. The number of aromatic amines is 1. The van der Waals surface area contributed by atoms with Crippen molar-refractivity contribution in [2.24, 2.45) is 0 Å². The van der Waals surface area contributed by atoms with Crippen LogP contribution in [0, 0.1) is 0 Å². The highest BCUT2D eigenvalue weighted by molar-refractivity contribution is 5.18. The third-order valence-corrected chi connectivity index (χ3v) is 2.77. The second kappa shape index (κ2) is 5.19. The molecule has 86 valence electrons. The van der Waals surface area contributed by atoms with E-state index in [0.29, 0.717) is 6.04 Å². The largest absolute Gasteiger partial charge is 0.286 e. The number of hydrogen-bond donors (Lipinski definition) is 1. The standard InChI is InChI=1S/C12H22N2O/c1-5-7-8-10-11(6-2)14(9(3)4)13-12(10)15/h9H,5-8H2,1-4H3,(H,13,15). The molecule has 0 aliphatic heterocycles. The van der Waals surface area contributed by atoms with E-state index >= 15 is 0 Å². The van der Waals surface area contributed by atoms with E-state index in [2.05, 4.69) is 32.8 Å². The van der Waals surface area contributed by atoms with Gasteiger partial charge in [0.05, 0.1) is 0 Å². The van der Waals surface area contributed by atoms with Crippen molar-refractivity contribution >= 4 is 0 Å². The van der Waals surface area contributed by atoms with Gasteiger partial charge in [-0.15, -0.1) is 0 Å². The van der Waals surface area contributed by atoms with Gasteiger partial charge in [-0.25, -0.2) is 0 Å². The number of nitrogens with zero attached hydrogens (tertiary/aromatic N) is 1. The maximum absolute atomic E-state index is 11.8. The highest BCUT2D eigenvalue weighted by Gasteiger charge is 2.13. The van der Waals surface area contributed by atoms with Gasteiger partial charge < -0.3 is 0 Å². The fourth-order valence-corrected chi connectivity index (χ4v) is 1.96. The van der Waals surface area contributed by atoms with Gasteiger partial charge in [0.15, 0.2) is 0 Å². The van der Waals surface area contributed by atoms with Crippen molar-refractivity contribution in [1.29, 1.82) is 0 Å². The SMILES string of the molecule is CCCCc1c(CC)n(C(C)C)[nH]c1=O. The fourth-order valence-electron chi connectivity index (χ4n) is 1.96. The number of rotatable bonds is 5. The van der Waals surface area contributed by atoms with Gasteiger partial charge in [0.1, 0.15) is 0 Å². The van der Waals surface area contributed by atoms with Crippen LogP contribution in [0.25, 0.3) is 0 Å². The number of hydrogen-bond acceptors (Lipinski definition) is 1. The Bertz CT molecular complexity index is 360. The Kier molecular flexibility index (Phi) is 4.18. The van der Waals surface area contributed by atoms with Crippen molar-refractivity contribution in [3.63, 3.8) is 0 Å². The predicted octanol–water partition coefficient (Wildman–Crippen LogP) is 2.66. The normalized spacial score (nSPS) is 11.3. The van der Waals surface area contributed by atoms with Gasteiger partial charge in [-0.3, -0.25) is 14.6 Å². The molecule has 0 bridgehead atoms. The van der Waals surface area contributed by atoms with E-state index in [0.717, 1.165) is 31.2 Å². The topological polar surface area (TPSA) is 37.8 Å². The number of nitrogens with one attached hydrogen (secondary N) is 1. The number of unbranched alkanes of at least 4 members (excludes halogenated alkanes) is 1. The van der Waals surface area contributed by atoms with Crippen molar-refractivity contribution in [1.82, 2.24) is 9.78 Å². The Morgan fingerprint density at radius 3 is 2.47 bits per heavy atom. The predicted molar refractivity (Wildman–Crippen MR) is 63.4 cm³/mol. The highest BCUT2D eigenvalue weighted by atomic mass is 16.1. The lowest BCUT2D eigenvalue weighted by molar-refractivity contribution is 0.507. The van der Waals surface area contributed by atoms with Crippen molar-refractivity contribution in [2.45, 2.75) is 59.4 Å². The highest BCUT2D eigenvalue weighted by Crippen LogP contribution is 2.13. The summed E-state index contributed by atoms with van der Waals surface area (Å²) in [5, 5.41) is 2.93. The van der Waals surface area contributed by atoms with E-state index in [1.165, 1.54) is 5.69 Å². The summed E-state index contributed by atoms with van der Waals surface area (Å²) in [7, 11) is 0. The zero-order valence-electron chi connectivity index (χ0n) is 10.3. The van der Waals surface area contributed by atoms with Crippen LogP contribution in [0.5, 0.6) is 0 Å². The van der Waals surface area contributed by atoms with Crippen molar-refractivity contribution in [3.05, 3.63) is 21.6 Å². The summed E-state index contributed by atoms with van der Waals surface area (Å²) in [5.41, 5.74) is 2.28. The monoisotopic (exact) mass is 210 g/mol. The minimum Gasteiger partial charge on any atom is -0.286 e. The molecule has 0 aromatic carbocycles. The molecule has 0 fully saturated rings. The van der Waals surface area contributed by atoms with Crippen LogP contribution in [-0.2, 0) is 12.8 Å². The van der Waals surface area contributed by atoms with Crippen LogP contribution in [-0.4, -0.2) is 9.78 Å². The summed E-state index contributed by atoms with van der Waals surface area (Å²) in [6.07, 6.45) is 4.07. The Morgan fingerprint density at radius 1 is 1.33 bits per heavy atom. The average Bonchev–Trinajstić information content (AvgIpc) is 2.52. The fraction of sp³-hybridized carbons (Fsp3) is 0.750. The summed E-state index contributed by atoms with van der Waals surface area (Å²) in [5.74, 6) is 0. The first-order valence-electron chi connectivity index (χ1n) is 5.94. The average molecular weight is 210 g/mol. The lowest BCUT2D eigenvalue weighted by Gasteiger charge is -2.11. The molecule has 1 aromatic heterocycles. The Labute approximate surface area is 91.5 Å². The molecule has 0 aliphatic rings. The van der Waals surface area contributed by atoms with Gasteiger partial charge >= 0.3 is 0 Å². The molecule has 0 radical (unpaired) electrons. The summed E-state index contributed by atoms with van der Waals surface area (Å²) >= 11 is 0. The van der Waals surface area contributed by atoms with Crippen LogP contribution in [0.3, 0.4) is 0 Å². The molecule has 0 saturated heterocycles. The van der Waals surface area contributed by atoms with Crippen LogP contribution in [0.1, 0.15) is 57.8 Å². The zero-order valence-corrected chi connectivity index (χ0v) is 10.3. The molecule has 0 aliphatic carbocycles. The van der Waals surface area contributed by atoms with Crippen molar-refractivity contribution < 1.29 is 0 Å². The molecule has 3 heteroatoms. The third kappa shape index (κ3) is 2.52. The summed E-state index contributed by atoms with van der Waals surface area (Å²) in [6, 6.07) is 0.336. The third-order valence-electron chi connectivity index (χ3n) is 2.77. The summed E-state index contributed by atoms with van der Waals surface area (Å²) in [4.78, 5) is 11.8. The zero-order chi connectivity index (χ0) is 11.4. The van der Waals surface area contributed by atoms with Crippen molar-refractivity contribution in [3.8, 4) is 0 Å². The molecular weight excluding hydrogens is 188 g/mol. The van der Waals surface area contributed by atoms with Crippen LogP contribution in [0.4, 0.5) is 0 Å².